The van der Waals surface area contributed by atoms with Crippen LogP contribution in [0.4, 0.5) is 4.39 Å². The van der Waals surface area contributed by atoms with Crippen molar-refractivity contribution < 1.29 is 13.9 Å². The Kier molecular flexibility index (Phi) is 4.95. The third-order valence-corrected chi connectivity index (χ3v) is 4.28. The molecule has 6 nitrogen and oxygen atoms in total. The molecule has 0 unspecified atom stereocenters. The summed E-state index contributed by atoms with van der Waals surface area (Å²) in [6.45, 7) is 2.45. The Morgan fingerprint density at radius 1 is 1.42 bits per heavy atom. The van der Waals surface area contributed by atoms with E-state index in [4.69, 9.17) is 4.74 Å². The fourth-order valence-electron chi connectivity index (χ4n) is 2.08. The molecule has 0 aliphatic carbocycles. The van der Waals surface area contributed by atoms with Gasteiger partial charge >= 0.3 is 5.97 Å². The molecule has 0 amide bonds. The second-order valence-electron chi connectivity index (χ2n) is 5.09. The van der Waals surface area contributed by atoms with E-state index in [-0.39, 0.29) is 18.1 Å². The van der Waals surface area contributed by atoms with Gasteiger partial charge in [-0.05, 0) is 24.1 Å². The molecule has 0 saturated carbocycles. The van der Waals surface area contributed by atoms with Crippen molar-refractivity contribution in [2.45, 2.75) is 26.5 Å². The molecule has 0 aliphatic rings. The highest BCUT2D eigenvalue weighted by Gasteiger charge is 2.13. The summed E-state index contributed by atoms with van der Waals surface area (Å²) in [6.07, 6.45) is 2.33. The molecule has 0 bridgehead atoms. The van der Waals surface area contributed by atoms with Gasteiger partial charge in [-0.3, -0.25) is 0 Å². The van der Waals surface area contributed by atoms with Crippen molar-refractivity contribution in [1.82, 2.24) is 20.0 Å². The predicted molar refractivity (Wildman–Crippen MR) is 86.1 cm³/mol. The van der Waals surface area contributed by atoms with Gasteiger partial charge in [0, 0.05) is 5.38 Å². The van der Waals surface area contributed by atoms with Gasteiger partial charge in [-0.15, -0.1) is 16.4 Å². The van der Waals surface area contributed by atoms with Crippen LogP contribution in [0.2, 0.25) is 0 Å². The quantitative estimate of drug-likeness (QED) is 0.642. The van der Waals surface area contributed by atoms with Crippen molar-refractivity contribution in [1.29, 1.82) is 0 Å². The highest BCUT2D eigenvalue weighted by atomic mass is 32.1. The normalized spacial score (nSPS) is 10.8. The summed E-state index contributed by atoms with van der Waals surface area (Å²) in [6, 6.07) is 6.18. The Morgan fingerprint density at radius 2 is 2.29 bits per heavy atom. The van der Waals surface area contributed by atoms with E-state index in [1.54, 1.807) is 12.1 Å². The fourth-order valence-corrected chi connectivity index (χ4v) is 2.81. The molecule has 0 spiro atoms. The maximum atomic E-state index is 13.2. The van der Waals surface area contributed by atoms with Gasteiger partial charge < -0.3 is 4.74 Å². The predicted octanol–water partition coefficient (Wildman–Crippen LogP) is 2.84. The molecular weight excluding hydrogens is 331 g/mol. The van der Waals surface area contributed by atoms with Crippen molar-refractivity contribution >= 4 is 17.3 Å². The van der Waals surface area contributed by atoms with Crippen LogP contribution in [0.5, 0.6) is 0 Å². The molecule has 124 valence electrons. The van der Waals surface area contributed by atoms with Gasteiger partial charge in [-0.1, -0.05) is 24.3 Å². The molecule has 3 rings (SSSR count). The second-order valence-corrected chi connectivity index (χ2v) is 6.04. The van der Waals surface area contributed by atoms with E-state index in [2.05, 4.69) is 15.3 Å². The van der Waals surface area contributed by atoms with Gasteiger partial charge in [-0.2, -0.15) is 0 Å². The summed E-state index contributed by atoms with van der Waals surface area (Å²) >= 11 is 1.54. The molecular formula is C16H15FN4O2S. The lowest BCUT2D eigenvalue weighted by atomic mass is 10.2. The molecule has 0 radical (unpaired) electrons. The van der Waals surface area contributed by atoms with Crippen LogP contribution in [0, 0.1) is 5.82 Å². The average molecular weight is 346 g/mol. The Labute approximate surface area is 141 Å². The number of carbonyl (C=O) groups excluding carboxylic acids is 1. The zero-order chi connectivity index (χ0) is 16.9. The zero-order valence-corrected chi connectivity index (χ0v) is 13.8. The second kappa shape index (κ2) is 7.31. The summed E-state index contributed by atoms with van der Waals surface area (Å²) < 4.78 is 19.8. The third-order valence-electron chi connectivity index (χ3n) is 3.23. The number of benzene rings is 1. The van der Waals surface area contributed by atoms with Crippen LogP contribution in [0.25, 0.3) is 0 Å². The smallest absolute Gasteiger partial charge is 0.360 e. The standard InChI is InChI=1S/C16H15FN4O2S/c1-2-15-18-13(10-24-15)9-23-16(22)14-8-21(20-19-14)7-11-4-3-5-12(17)6-11/h3-6,8,10H,2,7,9H2,1H3. The van der Waals surface area contributed by atoms with Crippen molar-refractivity contribution in [3.63, 3.8) is 0 Å². The lowest BCUT2D eigenvalue weighted by Crippen LogP contribution is -2.06. The topological polar surface area (TPSA) is 69.9 Å². The molecule has 0 saturated heterocycles. The van der Waals surface area contributed by atoms with Gasteiger partial charge in [0.25, 0.3) is 0 Å². The van der Waals surface area contributed by atoms with Gasteiger partial charge in [0.15, 0.2) is 5.69 Å². The minimum Gasteiger partial charge on any atom is -0.454 e. The van der Waals surface area contributed by atoms with Crippen molar-refractivity contribution in [2.75, 3.05) is 0 Å². The first-order valence-electron chi connectivity index (χ1n) is 7.39. The van der Waals surface area contributed by atoms with E-state index < -0.39 is 5.97 Å². The van der Waals surface area contributed by atoms with E-state index in [0.717, 1.165) is 22.7 Å². The van der Waals surface area contributed by atoms with Crippen molar-refractivity contribution in [2.24, 2.45) is 0 Å². The maximum Gasteiger partial charge on any atom is 0.360 e. The lowest BCUT2D eigenvalue weighted by Gasteiger charge is -2.01. The molecule has 24 heavy (non-hydrogen) atoms. The number of aryl methyl sites for hydroxylation is 1. The van der Waals surface area contributed by atoms with Gasteiger partial charge in [0.05, 0.1) is 23.4 Å². The first kappa shape index (κ1) is 16.3. The van der Waals surface area contributed by atoms with Gasteiger partial charge in [0.1, 0.15) is 12.4 Å². The first-order valence-corrected chi connectivity index (χ1v) is 8.27. The number of carbonyl (C=O) groups is 1. The van der Waals surface area contributed by atoms with Gasteiger partial charge in [-0.25, -0.2) is 18.9 Å². The number of ether oxygens (including phenoxy) is 1. The van der Waals surface area contributed by atoms with Crippen LogP contribution in [0.1, 0.15) is 33.7 Å². The highest BCUT2D eigenvalue weighted by Crippen LogP contribution is 2.12. The molecule has 0 atom stereocenters. The van der Waals surface area contributed by atoms with E-state index in [0.29, 0.717) is 6.54 Å². The zero-order valence-electron chi connectivity index (χ0n) is 13.0. The van der Waals surface area contributed by atoms with E-state index in [1.807, 2.05) is 12.3 Å². The van der Waals surface area contributed by atoms with Crippen LogP contribution < -0.4 is 0 Å². The number of hydrogen-bond acceptors (Lipinski definition) is 6. The van der Waals surface area contributed by atoms with Crippen LogP contribution in [-0.2, 0) is 24.3 Å². The molecule has 2 heterocycles. The van der Waals surface area contributed by atoms with E-state index in [1.165, 1.54) is 34.3 Å². The first-order chi connectivity index (χ1) is 11.6. The van der Waals surface area contributed by atoms with Crippen LogP contribution in [0.15, 0.2) is 35.8 Å². The number of hydrogen-bond donors (Lipinski definition) is 0. The number of halogens is 1. The summed E-state index contributed by atoms with van der Waals surface area (Å²) in [5.74, 6) is -0.881. The minimum atomic E-state index is -0.563. The molecule has 1 aromatic carbocycles. The number of rotatable bonds is 6. The van der Waals surface area contributed by atoms with Crippen molar-refractivity contribution in [3.05, 3.63) is 63.6 Å². The Morgan fingerprint density at radius 3 is 3.04 bits per heavy atom. The number of esters is 1. The Hall–Kier alpha value is -2.61. The molecule has 0 aliphatic heterocycles. The number of aromatic nitrogens is 4. The SMILES string of the molecule is CCc1nc(COC(=O)c2cn(Cc3cccc(F)c3)nn2)cs1. The molecule has 0 fully saturated rings. The summed E-state index contributed by atoms with van der Waals surface area (Å²) in [5, 5.41) is 10.5. The summed E-state index contributed by atoms with van der Waals surface area (Å²) in [4.78, 5) is 16.3. The molecule has 8 heteroatoms. The molecule has 3 aromatic rings. The Bertz CT molecular complexity index is 846. The van der Waals surface area contributed by atoms with E-state index >= 15 is 0 Å². The monoisotopic (exact) mass is 346 g/mol. The maximum absolute atomic E-state index is 13.2. The third kappa shape index (κ3) is 4.02. The van der Waals surface area contributed by atoms with Gasteiger partial charge in [0.2, 0.25) is 0 Å². The largest absolute Gasteiger partial charge is 0.454 e. The van der Waals surface area contributed by atoms with Crippen LogP contribution in [0.3, 0.4) is 0 Å². The molecule has 0 N–H and O–H groups in total. The minimum absolute atomic E-state index is 0.103. The number of thiazole rings is 1. The van der Waals surface area contributed by atoms with Crippen LogP contribution >= 0.6 is 11.3 Å². The summed E-state index contributed by atoms with van der Waals surface area (Å²) in [7, 11) is 0. The highest BCUT2D eigenvalue weighted by molar-refractivity contribution is 7.09. The van der Waals surface area contributed by atoms with Crippen molar-refractivity contribution in [3.8, 4) is 0 Å². The Balaban J connectivity index is 1.59. The van der Waals surface area contributed by atoms with Crippen LogP contribution in [-0.4, -0.2) is 25.9 Å². The summed E-state index contributed by atoms with van der Waals surface area (Å²) in [5.41, 5.74) is 1.56. The number of nitrogens with zero attached hydrogens (tertiary/aromatic N) is 4. The fraction of sp³-hybridized carbons (Fsp3) is 0.250. The molecule has 2 aromatic heterocycles. The average Bonchev–Trinajstić information content (AvgIpc) is 3.22. The van der Waals surface area contributed by atoms with E-state index in [9.17, 15) is 9.18 Å². The lowest BCUT2D eigenvalue weighted by molar-refractivity contribution is 0.0461.